The molecule has 2 aliphatic heterocycles. The van der Waals surface area contributed by atoms with Gasteiger partial charge in [-0.2, -0.15) is 4.31 Å². The highest BCUT2D eigenvalue weighted by molar-refractivity contribution is 7.89. The average Bonchev–Trinajstić information content (AvgIpc) is 2.85. The first-order chi connectivity index (χ1) is 15.9. The molecule has 180 valence electrons. The van der Waals surface area contributed by atoms with Gasteiger partial charge >= 0.3 is 0 Å². The number of likely N-dealkylation sites (N-methyl/N-ethyl adjacent to an activating group) is 1. The van der Waals surface area contributed by atoms with Crippen LogP contribution in [-0.4, -0.2) is 101 Å². The number of ether oxygens (including phenoxy) is 2. The Morgan fingerprint density at radius 1 is 0.879 bits per heavy atom. The fourth-order valence-electron chi connectivity index (χ4n) is 4.26. The van der Waals surface area contributed by atoms with Crippen molar-refractivity contribution < 1.29 is 17.9 Å². The molecule has 0 saturated carbocycles. The second-order valence-electron chi connectivity index (χ2n) is 8.51. The fraction of sp³-hybridized carbons (Fsp3) is 0.522. The summed E-state index contributed by atoms with van der Waals surface area (Å²) >= 11 is 0. The molecule has 2 aromatic rings. The third-order valence-electron chi connectivity index (χ3n) is 6.37. The van der Waals surface area contributed by atoms with E-state index in [0.29, 0.717) is 13.1 Å². The molecule has 1 aromatic carbocycles. The third-order valence-corrected chi connectivity index (χ3v) is 8.25. The van der Waals surface area contributed by atoms with Gasteiger partial charge in [0.25, 0.3) is 0 Å². The first kappa shape index (κ1) is 23.7. The zero-order valence-corrected chi connectivity index (χ0v) is 20.4. The second-order valence-corrected chi connectivity index (χ2v) is 10.4. The van der Waals surface area contributed by atoms with E-state index >= 15 is 0 Å². The van der Waals surface area contributed by atoms with E-state index in [1.54, 1.807) is 24.6 Å². The number of rotatable bonds is 7. The van der Waals surface area contributed by atoms with Gasteiger partial charge in [0.15, 0.2) is 11.5 Å². The lowest BCUT2D eigenvalue weighted by atomic mass is 10.1. The van der Waals surface area contributed by atoms with Crippen LogP contribution >= 0.6 is 0 Å². The normalized spacial score (nSPS) is 18.9. The summed E-state index contributed by atoms with van der Waals surface area (Å²) in [6, 6.07) is 9.53. The molecule has 0 unspecified atom stereocenters. The lowest BCUT2D eigenvalue weighted by Gasteiger charge is -2.35. The number of piperazine rings is 2. The minimum Gasteiger partial charge on any atom is -0.493 e. The van der Waals surface area contributed by atoms with Gasteiger partial charge in [-0.05, 0) is 36.9 Å². The second kappa shape index (κ2) is 10.3. The number of benzene rings is 1. The van der Waals surface area contributed by atoms with Gasteiger partial charge in [0.2, 0.25) is 10.0 Å². The molecule has 2 saturated heterocycles. The highest BCUT2D eigenvalue weighted by Crippen LogP contribution is 2.28. The van der Waals surface area contributed by atoms with E-state index in [1.807, 2.05) is 25.2 Å². The zero-order valence-electron chi connectivity index (χ0n) is 19.6. The van der Waals surface area contributed by atoms with E-state index in [9.17, 15) is 8.42 Å². The Morgan fingerprint density at radius 3 is 2.18 bits per heavy atom. The Morgan fingerprint density at radius 2 is 1.58 bits per heavy atom. The Labute approximate surface area is 196 Å². The molecule has 0 atom stereocenters. The molecule has 33 heavy (non-hydrogen) atoms. The van der Waals surface area contributed by atoms with Crippen LogP contribution in [0, 0.1) is 0 Å². The largest absolute Gasteiger partial charge is 0.493 e. The van der Waals surface area contributed by atoms with Crippen molar-refractivity contribution in [3.63, 3.8) is 0 Å². The molecule has 0 aliphatic carbocycles. The minimum absolute atomic E-state index is 0.267. The summed E-state index contributed by atoms with van der Waals surface area (Å²) < 4.78 is 38.1. The summed E-state index contributed by atoms with van der Waals surface area (Å²) in [5.41, 5.74) is 1.18. The molecule has 0 amide bonds. The van der Waals surface area contributed by atoms with Crippen LogP contribution in [0.3, 0.4) is 0 Å². The molecule has 0 bridgehead atoms. The van der Waals surface area contributed by atoms with Gasteiger partial charge in [0.05, 0.1) is 14.2 Å². The number of sulfonamides is 1. The summed E-state index contributed by atoms with van der Waals surface area (Å²) in [5.74, 6) is 2.29. The van der Waals surface area contributed by atoms with E-state index in [1.165, 1.54) is 11.8 Å². The molecule has 10 heteroatoms. The molecule has 1 aromatic heterocycles. The van der Waals surface area contributed by atoms with Crippen molar-refractivity contribution in [1.29, 1.82) is 0 Å². The molecule has 0 spiro atoms. The first-order valence-corrected chi connectivity index (χ1v) is 12.7. The molecular weight excluding hydrogens is 442 g/mol. The number of nitrogens with zero attached hydrogens (tertiary/aromatic N) is 5. The van der Waals surface area contributed by atoms with E-state index in [-0.39, 0.29) is 4.90 Å². The number of hydrogen-bond donors (Lipinski definition) is 0. The number of methoxy groups -OCH3 is 2. The van der Waals surface area contributed by atoms with E-state index in [2.05, 4.69) is 25.8 Å². The molecule has 0 N–H and O–H groups in total. The van der Waals surface area contributed by atoms with Gasteiger partial charge in [-0.3, -0.25) is 4.90 Å². The van der Waals surface area contributed by atoms with Gasteiger partial charge in [-0.15, -0.1) is 0 Å². The predicted molar refractivity (Wildman–Crippen MR) is 128 cm³/mol. The van der Waals surface area contributed by atoms with Crippen molar-refractivity contribution in [2.24, 2.45) is 0 Å². The van der Waals surface area contributed by atoms with Crippen LogP contribution in [0.15, 0.2) is 41.4 Å². The Kier molecular flexibility index (Phi) is 7.38. The summed E-state index contributed by atoms with van der Waals surface area (Å²) in [4.78, 5) is 11.5. The standard InChI is InChI=1S/C23H33N5O4S/c1-25-8-14-28(15-9-25)33(29,30)20-5-7-23(24-17-20)27-12-10-26(11-13-27)18-19-4-6-21(31-2)22(16-19)32-3/h4-7,16-17H,8-15,18H2,1-3H3. The summed E-state index contributed by atoms with van der Waals surface area (Å²) in [5, 5.41) is 0. The molecule has 4 rings (SSSR count). The van der Waals surface area contributed by atoms with Crippen molar-refractivity contribution in [2.75, 3.05) is 78.5 Å². The van der Waals surface area contributed by atoms with Crippen LogP contribution in [0.25, 0.3) is 0 Å². The molecule has 9 nitrogen and oxygen atoms in total. The van der Waals surface area contributed by atoms with Crippen LogP contribution in [0.4, 0.5) is 5.82 Å². The number of aromatic nitrogens is 1. The zero-order chi connectivity index (χ0) is 23.4. The number of pyridine rings is 1. The van der Waals surface area contributed by atoms with E-state index < -0.39 is 10.0 Å². The van der Waals surface area contributed by atoms with E-state index in [4.69, 9.17) is 9.47 Å². The summed E-state index contributed by atoms with van der Waals surface area (Å²) in [7, 11) is 1.80. The van der Waals surface area contributed by atoms with Gasteiger partial charge in [0, 0.05) is 65.1 Å². The SMILES string of the molecule is COc1ccc(CN2CCN(c3ccc(S(=O)(=O)N4CCN(C)CC4)cn3)CC2)cc1OC. The topological polar surface area (TPSA) is 78.5 Å². The molecule has 3 heterocycles. The average molecular weight is 476 g/mol. The van der Waals surface area contributed by atoms with Gasteiger partial charge < -0.3 is 19.3 Å². The maximum Gasteiger partial charge on any atom is 0.244 e. The van der Waals surface area contributed by atoms with Crippen LogP contribution in [0.1, 0.15) is 5.56 Å². The van der Waals surface area contributed by atoms with Crippen molar-refractivity contribution in [3.05, 3.63) is 42.1 Å². The third kappa shape index (κ3) is 5.40. The highest BCUT2D eigenvalue weighted by Gasteiger charge is 2.28. The molecular formula is C23H33N5O4S. The Hall–Kier alpha value is -2.40. The van der Waals surface area contributed by atoms with E-state index in [0.717, 1.165) is 63.1 Å². The van der Waals surface area contributed by atoms with Crippen LogP contribution in [0.5, 0.6) is 11.5 Å². The smallest absolute Gasteiger partial charge is 0.244 e. The maximum absolute atomic E-state index is 12.9. The van der Waals surface area contributed by atoms with Gasteiger partial charge in [-0.25, -0.2) is 13.4 Å². The summed E-state index contributed by atoms with van der Waals surface area (Å²) in [6.07, 6.45) is 1.50. The first-order valence-electron chi connectivity index (χ1n) is 11.2. The molecule has 2 fully saturated rings. The lowest BCUT2D eigenvalue weighted by molar-refractivity contribution is 0.222. The Balaban J connectivity index is 1.33. The quantitative estimate of drug-likeness (QED) is 0.594. The summed E-state index contributed by atoms with van der Waals surface area (Å²) in [6.45, 7) is 6.84. The predicted octanol–water partition coefficient (Wildman–Crippen LogP) is 1.36. The van der Waals surface area contributed by atoms with Gasteiger partial charge in [0.1, 0.15) is 10.7 Å². The number of anilines is 1. The fourth-order valence-corrected chi connectivity index (χ4v) is 5.63. The van der Waals surface area contributed by atoms with Crippen molar-refractivity contribution >= 4 is 15.8 Å². The molecule has 2 aliphatic rings. The minimum atomic E-state index is -3.49. The number of hydrogen-bond acceptors (Lipinski definition) is 8. The lowest BCUT2D eigenvalue weighted by Crippen LogP contribution is -2.47. The van der Waals surface area contributed by atoms with Crippen LogP contribution < -0.4 is 14.4 Å². The molecule has 0 radical (unpaired) electrons. The van der Waals surface area contributed by atoms with Crippen molar-refractivity contribution in [3.8, 4) is 11.5 Å². The van der Waals surface area contributed by atoms with Crippen LogP contribution in [-0.2, 0) is 16.6 Å². The van der Waals surface area contributed by atoms with Crippen molar-refractivity contribution in [1.82, 2.24) is 19.1 Å². The maximum atomic E-state index is 12.9. The Bertz CT molecular complexity index is 1030. The van der Waals surface area contributed by atoms with Gasteiger partial charge in [-0.1, -0.05) is 6.07 Å². The van der Waals surface area contributed by atoms with Crippen molar-refractivity contribution in [2.45, 2.75) is 11.4 Å². The van der Waals surface area contributed by atoms with Crippen LogP contribution in [0.2, 0.25) is 0 Å². The monoisotopic (exact) mass is 475 g/mol. The highest BCUT2D eigenvalue weighted by atomic mass is 32.2.